The molecule has 0 saturated carbocycles. The molecule has 2 unspecified atom stereocenters. The van der Waals surface area contributed by atoms with Crippen LogP contribution in [-0.2, 0) is 20.6 Å². The van der Waals surface area contributed by atoms with E-state index in [4.69, 9.17) is 39.8 Å². The molecular formula is C79H64N10O3. The van der Waals surface area contributed by atoms with Crippen LogP contribution in [0.3, 0.4) is 0 Å². The SMILES string of the molecule is O=C(c1cccc(-c2nn(C3CCCCO3)c3ccc(-c4ncn(C(c5ccccc5)(c5ccccc5)c5ccccc5)n4)cc23)c1)c1cccc(-c2nn(C3CCCCO3)c3ccc(-c4ncn(C(c5ccccc5)(c5ccccc5)c5ccccc5)n4)cc23)c1. The van der Waals surface area contributed by atoms with Crippen LogP contribution in [0.2, 0.25) is 0 Å². The summed E-state index contributed by atoms with van der Waals surface area (Å²) in [5.41, 5.74) is 12.3. The van der Waals surface area contributed by atoms with Crippen LogP contribution in [0.5, 0.6) is 0 Å². The van der Waals surface area contributed by atoms with Crippen LogP contribution in [0.15, 0.2) is 280 Å². The third kappa shape index (κ3) is 9.84. The number of rotatable bonds is 16. The van der Waals surface area contributed by atoms with Gasteiger partial charge in [0.15, 0.2) is 29.9 Å². The molecule has 2 saturated heterocycles. The van der Waals surface area contributed by atoms with E-state index >= 15 is 4.79 Å². The normalized spacial score (nSPS) is 15.4. The van der Waals surface area contributed by atoms with E-state index in [0.717, 1.165) is 127 Å². The fourth-order valence-corrected chi connectivity index (χ4v) is 14.0. The van der Waals surface area contributed by atoms with Crippen molar-refractivity contribution in [3.8, 4) is 45.3 Å². The van der Waals surface area contributed by atoms with Crippen molar-refractivity contribution in [2.75, 3.05) is 13.2 Å². The molecule has 0 aliphatic carbocycles. The molecule has 13 heteroatoms. The van der Waals surface area contributed by atoms with Crippen LogP contribution in [0.25, 0.3) is 67.1 Å². The second kappa shape index (κ2) is 24.1. The highest BCUT2D eigenvalue weighted by molar-refractivity contribution is 6.11. The molecule has 2 atom stereocenters. The van der Waals surface area contributed by atoms with Crippen LogP contribution in [0, 0.1) is 0 Å². The second-order valence-corrected chi connectivity index (χ2v) is 23.8. The van der Waals surface area contributed by atoms with Crippen molar-refractivity contribution in [1.29, 1.82) is 0 Å². The van der Waals surface area contributed by atoms with Crippen molar-refractivity contribution in [3.63, 3.8) is 0 Å². The van der Waals surface area contributed by atoms with Gasteiger partial charge in [-0.3, -0.25) is 4.79 Å². The number of hydrogen-bond acceptors (Lipinski definition) is 9. The summed E-state index contributed by atoms with van der Waals surface area (Å²) in [6.45, 7) is 1.31. The molecule has 16 rings (SSSR count). The van der Waals surface area contributed by atoms with Gasteiger partial charge in [-0.1, -0.05) is 218 Å². The van der Waals surface area contributed by atoms with Gasteiger partial charge in [0.25, 0.3) is 0 Å². The fraction of sp³-hybridized carbons (Fsp3) is 0.152. The third-order valence-electron chi connectivity index (χ3n) is 18.4. The Hall–Kier alpha value is -11.0. The Kier molecular flexibility index (Phi) is 14.7. The van der Waals surface area contributed by atoms with E-state index < -0.39 is 11.1 Å². The third-order valence-corrected chi connectivity index (χ3v) is 18.4. The molecule has 14 aromatic rings. The number of benzene rings is 10. The lowest BCUT2D eigenvalue weighted by atomic mass is 9.77. The maximum Gasteiger partial charge on any atom is 0.193 e. The first-order valence-corrected chi connectivity index (χ1v) is 31.7. The average Bonchev–Trinajstić information content (AvgIpc) is 1.22. The summed E-state index contributed by atoms with van der Waals surface area (Å²) in [6.07, 6.45) is 8.94. The average molecular weight is 1200 g/mol. The molecule has 13 nitrogen and oxygen atoms in total. The van der Waals surface area contributed by atoms with E-state index in [1.54, 1.807) is 0 Å². The number of ether oxygens (including phenoxy) is 2. The molecule has 10 aromatic carbocycles. The summed E-state index contributed by atoms with van der Waals surface area (Å²) in [7, 11) is 0. The molecule has 4 aromatic heterocycles. The fourth-order valence-electron chi connectivity index (χ4n) is 14.0. The number of hydrogen-bond donors (Lipinski definition) is 0. The topological polar surface area (TPSA) is 133 Å². The minimum absolute atomic E-state index is 0.129. The Bertz CT molecular complexity index is 4420. The van der Waals surface area contributed by atoms with Crippen molar-refractivity contribution in [1.82, 2.24) is 49.1 Å². The molecule has 2 aliphatic heterocycles. The molecule has 0 amide bonds. The standard InChI is InChI=1S/C79H64N10O3/c90-75(57-27-23-25-55(49-57)73-67-51-59(43-45-69(67)88(82-73)71-41-19-21-47-91-71)76-80-53-86(84-76)78(61-29-7-1-8-30-61,62-31-9-2-10-32-62)63-33-11-3-12-34-63)58-28-24-26-56(50-58)74-68-52-60(44-46-70(68)89(83-74)72-42-20-22-48-92-72)77-81-54-87(85-77)79(64-35-13-4-14-36-64,65-37-15-5-16-38-65)66-39-17-6-18-40-66/h1-18,23-40,43-46,49-54,71-72H,19-22,41-42,47-48H2. The van der Waals surface area contributed by atoms with Gasteiger partial charge in [-0.2, -0.15) is 10.2 Å². The molecule has 2 aliphatic rings. The number of carbonyl (C=O) groups excluding carboxylic acids is 1. The van der Waals surface area contributed by atoms with E-state index in [2.05, 4.69) is 182 Å². The minimum Gasteiger partial charge on any atom is -0.356 e. The lowest BCUT2D eigenvalue weighted by Gasteiger charge is -2.35. The summed E-state index contributed by atoms with van der Waals surface area (Å²) in [6, 6.07) is 91.2. The lowest BCUT2D eigenvalue weighted by molar-refractivity contribution is -0.0366. The summed E-state index contributed by atoms with van der Waals surface area (Å²) < 4.78 is 20.9. The van der Waals surface area contributed by atoms with Crippen LogP contribution < -0.4 is 0 Å². The maximum atomic E-state index is 15.2. The second-order valence-electron chi connectivity index (χ2n) is 23.8. The zero-order valence-electron chi connectivity index (χ0n) is 50.6. The molecule has 0 bridgehead atoms. The van der Waals surface area contributed by atoms with E-state index in [1.165, 1.54) is 0 Å². The first-order valence-electron chi connectivity index (χ1n) is 31.7. The molecule has 0 N–H and O–H groups in total. The van der Waals surface area contributed by atoms with Crippen LogP contribution in [-0.4, -0.2) is 68.1 Å². The Morgan fingerprint density at radius 2 is 0.707 bits per heavy atom. The van der Waals surface area contributed by atoms with Crippen molar-refractivity contribution >= 4 is 27.6 Å². The highest BCUT2D eigenvalue weighted by Gasteiger charge is 2.42. The highest BCUT2D eigenvalue weighted by Crippen LogP contribution is 2.44. The van der Waals surface area contributed by atoms with E-state index in [-0.39, 0.29) is 18.2 Å². The number of carbonyl (C=O) groups is 1. The Morgan fingerprint density at radius 1 is 0.359 bits per heavy atom. The summed E-state index contributed by atoms with van der Waals surface area (Å²) in [5.74, 6) is 1.00. The highest BCUT2D eigenvalue weighted by atomic mass is 16.5. The summed E-state index contributed by atoms with van der Waals surface area (Å²) in [4.78, 5) is 25.3. The van der Waals surface area contributed by atoms with Crippen molar-refractivity contribution in [3.05, 3.63) is 324 Å². The monoisotopic (exact) mass is 1200 g/mol. The van der Waals surface area contributed by atoms with Gasteiger partial charge in [0.05, 0.1) is 11.0 Å². The molecule has 0 radical (unpaired) electrons. The first kappa shape index (κ1) is 56.3. The minimum atomic E-state index is -0.837. The van der Waals surface area contributed by atoms with Gasteiger partial charge >= 0.3 is 0 Å². The molecule has 0 spiro atoms. The van der Waals surface area contributed by atoms with Crippen molar-refractivity contribution in [2.24, 2.45) is 0 Å². The van der Waals surface area contributed by atoms with Gasteiger partial charge in [0.2, 0.25) is 0 Å². The molecular weight excluding hydrogens is 1140 g/mol. The number of nitrogens with zero attached hydrogens (tertiary/aromatic N) is 10. The molecule has 6 heterocycles. The van der Waals surface area contributed by atoms with Crippen LogP contribution in [0.1, 0.15) is 100 Å². The van der Waals surface area contributed by atoms with Gasteiger partial charge in [-0.25, -0.2) is 28.7 Å². The Morgan fingerprint density at radius 3 is 1.03 bits per heavy atom. The van der Waals surface area contributed by atoms with E-state index in [1.807, 2.05) is 116 Å². The van der Waals surface area contributed by atoms with Crippen molar-refractivity contribution < 1.29 is 14.3 Å². The molecule has 448 valence electrons. The van der Waals surface area contributed by atoms with Gasteiger partial charge in [-0.05, 0) is 120 Å². The van der Waals surface area contributed by atoms with Gasteiger partial charge in [0.1, 0.15) is 35.1 Å². The number of ketones is 1. The zero-order chi connectivity index (χ0) is 61.4. The summed E-state index contributed by atoms with van der Waals surface area (Å²) in [5, 5.41) is 23.3. The van der Waals surface area contributed by atoms with Gasteiger partial charge in [0, 0.05) is 57.4 Å². The molecule has 92 heavy (non-hydrogen) atoms. The van der Waals surface area contributed by atoms with Gasteiger partial charge in [-0.15, -0.1) is 10.2 Å². The van der Waals surface area contributed by atoms with E-state index in [0.29, 0.717) is 36.0 Å². The smallest absolute Gasteiger partial charge is 0.193 e. The quantitative estimate of drug-likeness (QED) is 0.0685. The summed E-state index contributed by atoms with van der Waals surface area (Å²) >= 11 is 0. The zero-order valence-corrected chi connectivity index (χ0v) is 50.6. The molecule has 2 fully saturated rings. The van der Waals surface area contributed by atoms with E-state index in [9.17, 15) is 0 Å². The first-order chi connectivity index (χ1) is 45.5. The number of aromatic nitrogens is 10. The number of fused-ring (bicyclic) bond motifs is 2. The Labute approximate surface area is 532 Å². The lowest BCUT2D eigenvalue weighted by Crippen LogP contribution is -2.38. The predicted molar refractivity (Wildman–Crippen MR) is 359 cm³/mol. The van der Waals surface area contributed by atoms with Crippen molar-refractivity contribution in [2.45, 2.75) is 62.1 Å². The predicted octanol–water partition coefficient (Wildman–Crippen LogP) is 16.5. The largest absolute Gasteiger partial charge is 0.356 e. The van der Waals surface area contributed by atoms with Gasteiger partial charge < -0.3 is 9.47 Å². The maximum absolute atomic E-state index is 15.2. The Balaban J connectivity index is 0.767. The van der Waals surface area contributed by atoms with Crippen LogP contribution in [0.4, 0.5) is 0 Å². The van der Waals surface area contributed by atoms with Crippen LogP contribution >= 0.6 is 0 Å².